The SMILES string of the molecule is OB(Oc1c(F)c(F)c(F)c2c(F)c3c(F)cccc3cc12)c1c(F)c(F)c2c(F)c(F)c3c(F)ccc4ccc1c2c43. The molecular weight excluding hydrogens is 593 g/mol. The van der Waals surface area contributed by atoms with Gasteiger partial charge in [0.2, 0.25) is 5.82 Å². The summed E-state index contributed by atoms with van der Waals surface area (Å²) in [5.41, 5.74) is -1.13. The van der Waals surface area contributed by atoms with Gasteiger partial charge in [0.25, 0.3) is 0 Å². The molecule has 0 saturated heterocycles. The largest absolute Gasteiger partial charge is 0.563 e. The number of rotatable bonds is 3. The third-order valence-electron chi connectivity index (χ3n) is 7.54. The fourth-order valence-corrected chi connectivity index (χ4v) is 5.68. The highest BCUT2D eigenvalue weighted by atomic mass is 19.2. The zero-order valence-corrected chi connectivity index (χ0v) is 20.8. The lowest BCUT2D eigenvalue weighted by molar-refractivity contribution is 0.389. The van der Waals surface area contributed by atoms with Crippen molar-refractivity contribution in [2.45, 2.75) is 0 Å². The smallest absolute Gasteiger partial charge is 0.530 e. The predicted octanol–water partition coefficient (Wildman–Crippen LogP) is 8.05. The van der Waals surface area contributed by atoms with Gasteiger partial charge in [-0.25, -0.2) is 39.5 Å². The first-order valence-electron chi connectivity index (χ1n) is 12.3. The van der Waals surface area contributed by atoms with E-state index in [0.29, 0.717) is 0 Å². The van der Waals surface area contributed by atoms with Crippen molar-refractivity contribution in [3.63, 3.8) is 0 Å². The van der Waals surface area contributed by atoms with E-state index in [1.807, 2.05) is 0 Å². The van der Waals surface area contributed by atoms with Gasteiger partial charge in [0.1, 0.15) is 23.2 Å². The second kappa shape index (κ2) is 9.11. The fourth-order valence-electron chi connectivity index (χ4n) is 5.68. The minimum atomic E-state index is -2.77. The van der Waals surface area contributed by atoms with E-state index in [4.69, 9.17) is 4.65 Å². The summed E-state index contributed by atoms with van der Waals surface area (Å²) >= 11 is 0. The van der Waals surface area contributed by atoms with Crippen molar-refractivity contribution in [3.8, 4) is 5.75 Å². The van der Waals surface area contributed by atoms with E-state index in [0.717, 1.165) is 42.5 Å². The molecule has 214 valence electrons. The number of fused-ring (bicyclic) bond motifs is 2. The van der Waals surface area contributed by atoms with Gasteiger partial charge in [-0.15, -0.1) is 0 Å². The van der Waals surface area contributed by atoms with E-state index in [1.165, 1.54) is 6.07 Å². The van der Waals surface area contributed by atoms with E-state index in [9.17, 15) is 27.0 Å². The molecule has 0 aliphatic heterocycles. The van der Waals surface area contributed by atoms with E-state index in [1.54, 1.807) is 0 Å². The van der Waals surface area contributed by atoms with Crippen molar-refractivity contribution >= 4 is 66.4 Å². The molecule has 0 unspecified atom stereocenters. The van der Waals surface area contributed by atoms with Gasteiger partial charge in [-0.1, -0.05) is 30.3 Å². The maximum absolute atomic E-state index is 15.5. The maximum atomic E-state index is 15.5. The van der Waals surface area contributed by atoms with Gasteiger partial charge in [0, 0.05) is 21.6 Å². The van der Waals surface area contributed by atoms with Crippen LogP contribution in [0.1, 0.15) is 0 Å². The first-order chi connectivity index (χ1) is 20.4. The van der Waals surface area contributed by atoms with Gasteiger partial charge in [-0.2, -0.15) is 4.39 Å². The highest BCUT2D eigenvalue weighted by molar-refractivity contribution is 6.64. The number of halogens is 10. The molecule has 0 bridgehead atoms. The van der Waals surface area contributed by atoms with Gasteiger partial charge in [-0.3, -0.25) is 0 Å². The Bertz CT molecular complexity index is 2360. The van der Waals surface area contributed by atoms with Gasteiger partial charge in [0.15, 0.2) is 34.9 Å². The maximum Gasteiger partial charge on any atom is 0.563 e. The molecule has 0 aromatic heterocycles. The third-order valence-corrected chi connectivity index (χ3v) is 7.54. The molecule has 0 aliphatic carbocycles. The first-order valence-corrected chi connectivity index (χ1v) is 12.3. The molecule has 1 N–H and O–H groups in total. The molecule has 43 heavy (non-hydrogen) atoms. The molecule has 0 radical (unpaired) electrons. The lowest BCUT2D eigenvalue weighted by Crippen LogP contribution is -2.40. The molecule has 2 nitrogen and oxygen atoms in total. The van der Waals surface area contributed by atoms with Crippen LogP contribution in [0.2, 0.25) is 0 Å². The Morgan fingerprint density at radius 2 is 1.09 bits per heavy atom. The van der Waals surface area contributed by atoms with E-state index in [-0.39, 0.29) is 16.2 Å². The predicted molar refractivity (Wildman–Crippen MR) is 139 cm³/mol. The van der Waals surface area contributed by atoms with E-state index in [2.05, 4.69) is 0 Å². The Labute approximate surface area is 232 Å². The topological polar surface area (TPSA) is 29.5 Å². The normalized spacial score (nSPS) is 12.1. The number of benzene rings is 7. The number of hydrogen-bond acceptors (Lipinski definition) is 2. The molecule has 0 spiro atoms. The molecular formula is C30H9BF10O2. The standard InChI is InChI=1S/C30H9BF10O2/c32-13-3-1-2-10-8-12-18(22(34)15(10)13)23(35)28(40)29(41)30(12)43-31(42)21-11-6-4-9-5-7-14(33)19-16(9)17(11)20(25(37)24(19)36)26(38)27(21)39/h1-8,42H. The molecule has 7 aromatic rings. The quantitative estimate of drug-likeness (QED) is 0.0730. The van der Waals surface area contributed by atoms with Crippen molar-refractivity contribution in [1.82, 2.24) is 0 Å². The number of hydrogen-bond donors (Lipinski definition) is 1. The Balaban J connectivity index is 1.53. The molecule has 0 amide bonds. The van der Waals surface area contributed by atoms with Gasteiger partial charge in [-0.05, 0) is 34.4 Å². The highest BCUT2D eigenvalue weighted by Crippen LogP contribution is 2.42. The summed E-state index contributed by atoms with van der Waals surface area (Å²) in [6, 6.07) is 8.18. The summed E-state index contributed by atoms with van der Waals surface area (Å²) in [7, 11) is -2.77. The summed E-state index contributed by atoms with van der Waals surface area (Å²) in [5.74, 6) is -19.6. The summed E-state index contributed by atoms with van der Waals surface area (Å²) < 4.78 is 155. The fraction of sp³-hybridized carbons (Fsp3) is 0. The second-order valence-electron chi connectivity index (χ2n) is 9.75. The molecule has 7 rings (SSSR count). The molecule has 0 fully saturated rings. The Kier molecular flexibility index (Phi) is 5.74. The average molecular weight is 602 g/mol. The lowest BCUT2D eigenvalue weighted by atomic mass is 9.74. The molecule has 0 aliphatic rings. The van der Waals surface area contributed by atoms with Crippen LogP contribution in [0.15, 0.2) is 48.5 Å². The Hall–Kier alpha value is -4.78. The summed E-state index contributed by atoms with van der Waals surface area (Å²) in [5, 5.41) is 4.30. The summed E-state index contributed by atoms with van der Waals surface area (Å²) in [6.07, 6.45) is 0. The van der Waals surface area contributed by atoms with Crippen molar-refractivity contribution in [2.24, 2.45) is 0 Å². The van der Waals surface area contributed by atoms with E-state index >= 15 is 22.0 Å². The molecule has 7 aromatic carbocycles. The van der Waals surface area contributed by atoms with Crippen LogP contribution >= 0.6 is 0 Å². The Morgan fingerprint density at radius 3 is 1.84 bits per heavy atom. The van der Waals surface area contributed by atoms with Gasteiger partial charge in [0.05, 0.1) is 21.5 Å². The third kappa shape index (κ3) is 3.48. The highest BCUT2D eigenvalue weighted by Gasteiger charge is 2.36. The van der Waals surface area contributed by atoms with Crippen molar-refractivity contribution < 1.29 is 53.6 Å². The molecule has 0 saturated carbocycles. The zero-order chi connectivity index (χ0) is 30.6. The van der Waals surface area contributed by atoms with E-state index < -0.39 is 114 Å². The van der Waals surface area contributed by atoms with Crippen molar-refractivity contribution in [1.29, 1.82) is 0 Å². The van der Waals surface area contributed by atoms with Crippen LogP contribution in [0.4, 0.5) is 43.9 Å². The van der Waals surface area contributed by atoms with Crippen LogP contribution in [0.3, 0.4) is 0 Å². The van der Waals surface area contributed by atoms with Crippen LogP contribution in [0, 0.1) is 58.2 Å². The van der Waals surface area contributed by atoms with Gasteiger partial charge >= 0.3 is 7.12 Å². The van der Waals surface area contributed by atoms with Crippen molar-refractivity contribution in [3.05, 3.63) is 107 Å². The lowest BCUT2D eigenvalue weighted by Gasteiger charge is -2.20. The second-order valence-corrected chi connectivity index (χ2v) is 9.75. The monoisotopic (exact) mass is 602 g/mol. The van der Waals surface area contributed by atoms with Crippen molar-refractivity contribution in [2.75, 3.05) is 0 Å². The Morgan fingerprint density at radius 1 is 0.465 bits per heavy atom. The minimum Gasteiger partial charge on any atom is -0.530 e. The van der Waals surface area contributed by atoms with Crippen LogP contribution in [-0.4, -0.2) is 12.1 Å². The molecule has 13 heteroatoms. The van der Waals surface area contributed by atoms with Crippen LogP contribution in [-0.2, 0) is 0 Å². The van der Waals surface area contributed by atoms with Crippen LogP contribution in [0.25, 0.3) is 53.9 Å². The van der Waals surface area contributed by atoms with Crippen LogP contribution in [0.5, 0.6) is 5.75 Å². The summed E-state index contributed by atoms with van der Waals surface area (Å²) in [4.78, 5) is 0. The molecule has 0 heterocycles. The van der Waals surface area contributed by atoms with Gasteiger partial charge < -0.3 is 9.68 Å². The average Bonchev–Trinajstić information content (AvgIpc) is 2.97. The molecule has 0 atom stereocenters. The van der Waals surface area contributed by atoms with Crippen LogP contribution < -0.4 is 10.1 Å². The minimum absolute atomic E-state index is 0.0763. The summed E-state index contributed by atoms with van der Waals surface area (Å²) in [6.45, 7) is 0. The zero-order valence-electron chi connectivity index (χ0n) is 20.8. The first kappa shape index (κ1) is 27.1.